The Labute approximate surface area is 75.8 Å². The monoisotopic (exact) mass is 168 g/mol. The summed E-state index contributed by atoms with van der Waals surface area (Å²) in [5, 5.41) is 0. The van der Waals surface area contributed by atoms with Crippen molar-refractivity contribution in [2.24, 2.45) is 5.92 Å². The highest BCUT2D eigenvalue weighted by atomic mass is 16.5. The number of rotatable bonds is 2. The van der Waals surface area contributed by atoms with Crippen molar-refractivity contribution in [3.05, 3.63) is 11.3 Å². The Morgan fingerprint density at radius 3 is 2.25 bits per heavy atom. The van der Waals surface area contributed by atoms with E-state index in [1.54, 1.807) is 0 Å². The fraction of sp³-hybridized carbons (Fsp3) is 0.818. The van der Waals surface area contributed by atoms with E-state index in [4.69, 9.17) is 4.74 Å². The lowest BCUT2D eigenvalue weighted by Gasteiger charge is -2.28. The van der Waals surface area contributed by atoms with Crippen LogP contribution in [0.25, 0.3) is 0 Å². The maximum Gasteiger partial charge on any atom is 0.112 e. The summed E-state index contributed by atoms with van der Waals surface area (Å²) in [6.07, 6.45) is 2.13. The summed E-state index contributed by atoms with van der Waals surface area (Å²) in [5.74, 6) is 1.80. The molecule has 0 saturated carbocycles. The van der Waals surface area contributed by atoms with Gasteiger partial charge in [0.1, 0.15) is 5.60 Å². The Morgan fingerprint density at radius 2 is 2.00 bits per heavy atom. The first-order valence-electron chi connectivity index (χ1n) is 4.93. The summed E-state index contributed by atoms with van der Waals surface area (Å²) in [6.45, 7) is 11.0. The second-order valence-corrected chi connectivity index (χ2v) is 3.95. The van der Waals surface area contributed by atoms with Crippen molar-refractivity contribution < 1.29 is 4.74 Å². The van der Waals surface area contributed by atoms with Crippen LogP contribution in [0.5, 0.6) is 0 Å². The van der Waals surface area contributed by atoms with Gasteiger partial charge in [-0.05, 0) is 25.8 Å². The van der Waals surface area contributed by atoms with Gasteiger partial charge in [-0.3, -0.25) is 0 Å². The zero-order valence-electron chi connectivity index (χ0n) is 8.90. The summed E-state index contributed by atoms with van der Waals surface area (Å²) in [7, 11) is 0. The first-order valence-corrected chi connectivity index (χ1v) is 4.93. The van der Waals surface area contributed by atoms with Gasteiger partial charge in [0.05, 0.1) is 5.76 Å². The summed E-state index contributed by atoms with van der Waals surface area (Å²) in [6, 6.07) is 0. The molecule has 2 atom stereocenters. The quantitative estimate of drug-likeness (QED) is 0.613. The highest BCUT2D eigenvalue weighted by Gasteiger charge is 2.39. The SMILES string of the molecule is CCC1=C(C)C(C)C(C)(CC)O1. The van der Waals surface area contributed by atoms with Crippen LogP contribution in [0.15, 0.2) is 11.3 Å². The van der Waals surface area contributed by atoms with Gasteiger partial charge in [0.2, 0.25) is 0 Å². The van der Waals surface area contributed by atoms with Crippen LogP contribution in [0.4, 0.5) is 0 Å². The lowest BCUT2D eigenvalue weighted by molar-refractivity contribution is 0.00854. The van der Waals surface area contributed by atoms with Crippen LogP contribution in [-0.2, 0) is 4.74 Å². The standard InChI is InChI=1S/C11H20O/c1-6-10-8(3)9(4)11(5,7-2)12-10/h9H,6-7H2,1-5H3. The van der Waals surface area contributed by atoms with Gasteiger partial charge in [-0.2, -0.15) is 0 Å². The van der Waals surface area contributed by atoms with Gasteiger partial charge < -0.3 is 4.74 Å². The number of hydrogen-bond acceptors (Lipinski definition) is 1. The predicted molar refractivity (Wildman–Crippen MR) is 51.9 cm³/mol. The van der Waals surface area contributed by atoms with Gasteiger partial charge in [0.15, 0.2) is 0 Å². The Bertz CT molecular complexity index is 205. The molecule has 1 heteroatoms. The van der Waals surface area contributed by atoms with Crippen LogP contribution in [0, 0.1) is 5.92 Å². The molecule has 0 N–H and O–H groups in total. The Morgan fingerprint density at radius 1 is 1.42 bits per heavy atom. The van der Waals surface area contributed by atoms with E-state index in [0.29, 0.717) is 5.92 Å². The van der Waals surface area contributed by atoms with Crippen molar-refractivity contribution in [3.63, 3.8) is 0 Å². The molecule has 0 fully saturated rings. The van der Waals surface area contributed by atoms with Crippen LogP contribution in [0.3, 0.4) is 0 Å². The first kappa shape index (κ1) is 9.63. The average Bonchev–Trinajstić information content (AvgIpc) is 2.31. The van der Waals surface area contributed by atoms with Crippen LogP contribution in [-0.4, -0.2) is 5.60 Å². The normalized spacial score (nSPS) is 35.6. The van der Waals surface area contributed by atoms with Crippen molar-refractivity contribution in [2.75, 3.05) is 0 Å². The number of ether oxygens (including phenoxy) is 1. The lowest BCUT2D eigenvalue weighted by atomic mass is 9.85. The fourth-order valence-corrected chi connectivity index (χ4v) is 1.88. The molecule has 0 amide bonds. The van der Waals surface area contributed by atoms with Crippen molar-refractivity contribution in [2.45, 2.75) is 53.1 Å². The molecule has 2 unspecified atom stereocenters. The van der Waals surface area contributed by atoms with Gasteiger partial charge in [-0.15, -0.1) is 0 Å². The molecule has 70 valence electrons. The zero-order chi connectivity index (χ0) is 9.35. The van der Waals surface area contributed by atoms with Crippen molar-refractivity contribution in [1.82, 2.24) is 0 Å². The molecule has 0 saturated heterocycles. The summed E-state index contributed by atoms with van der Waals surface area (Å²) >= 11 is 0. The molecule has 0 aromatic carbocycles. The van der Waals surface area contributed by atoms with Gasteiger partial charge in [-0.25, -0.2) is 0 Å². The highest BCUT2D eigenvalue weighted by Crippen LogP contribution is 2.41. The molecule has 0 bridgehead atoms. The molecule has 0 aliphatic carbocycles. The average molecular weight is 168 g/mol. The molecule has 0 aromatic rings. The number of hydrogen-bond donors (Lipinski definition) is 0. The molecule has 1 nitrogen and oxygen atoms in total. The Kier molecular flexibility index (Phi) is 2.50. The second kappa shape index (κ2) is 3.12. The third-order valence-corrected chi connectivity index (χ3v) is 3.38. The lowest BCUT2D eigenvalue weighted by Crippen LogP contribution is -2.30. The molecule has 1 aliphatic rings. The Hall–Kier alpha value is -0.460. The van der Waals surface area contributed by atoms with E-state index in [-0.39, 0.29) is 5.60 Å². The minimum Gasteiger partial charge on any atom is -0.491 e. The molecule has 0 radical (unpaired) electrons. The van der Waals surface area contributed by atoms with E-state index in [1.807, 2.05) is 0 Å². The second-order valence-electron chi connectivity index (χ2n) is 3.95. The first-order chi connectivity index (χ1) is 5.55. The largest absolute Gasteiger partial charge is 0.491 e. The van der Waals surface area contributed by atoms with Crippen molar-refractivity contribution >= 4 is 0 Å². The molecule has 1 heterocycles. The van der Waals surface area contributed by atoms with Crippen LogP contribution >= 0.6 is 0 Å². The van der Waals surface area contributed by atoms with Gasteiger partial charge in [0.25, 0.3) is 0 Å². The van der Waals surface area contributed by atoms with Crippen LogP contribution < -0.4 is 0 Å². The minimum absolute atomic E-state index is 0.0649. The molecule has 1 rings (SSSR count). The van der Waals surface area contributed by atoms with Crippen LogP contribution in [0.2, 0.25) is 0 Å². The van der Waals surface area contributed by atoms with Gasteiger partial charge in [0, 0.05) is 12.3 Å². The van der Waals surface area contributed by atoms with Gasteiger partial charge >= 0.3 is 0 Å². The molecule has 12 heavy (non-hydrogen) atoms. The Balaban J connectivity index is 2.85. The third-order valence-electron chi connectivity index (χ3n) is 3.38. The number of allylic oxidation sites excluding steroid dienone is 1. The minimum atomic E-state index is 0.0649. The zero-order valence-corrected chi connectivity index (χ0v) is 8.90. The van der Waals surface area contributed by atoms with E-state index >= 15 is 0 Å². The van der Waals surface area contributed by atoms with E-state index in [9.17, 15) is 0 Å². The van der Waals surface area contributed by atoms with Gasteiger partial charge in [-0.1, -0.05) is 20.8 Å². The molecular weight excluding hydrogens is 148 g/mol. The summed E-state index contributed by atoms with van der Waals surface area (Å²) < 4.78 is 5.95. The van der Waals surface area contributed by atoms with E-state index in [0.717, 1.165) is 12.8 Å². The summed E-state index contributed by atoms with van der Waals surface area (Å²) in [5.41, 5.74) is 1.51. The van der Waals surface area contributed by atoms with E-state index in [2.05, 4.69) is 34.6 Å². The maximum absolute atomic E-state index is 5.95. The fourth-order valence-electron chi connectivity index (χ4n) is 1.88. The van der Waals surface area contributed by atoms with E-state index in [1.165, 1.54) is 11.3 Å². The highest BCUT2D eigenvalue weighted by molar-refractivity contribution is 5.19. The smallest absolute Gasteiger partial charge is 0.112 e. The van der Waals surface area contributed by atoms with Crippen molar-refractivity contribution in [1.29, 1.82) is 0 Å². The molecule has 1 aliphatic heterocycles. The van der Waals surface area contributed by atoms with E-state index < -0.39 is 0 Å². The predicted octanol–water partition coefficient (Wildman–Crippen LogP) is 3.51. The molecule has 0 aromatic heterocycles. The van der Waals surface area contributed by atoms with Crippen LogP contribution in [0.1, 0.15) is 47.5 Å². The third kappa shape index (κ3) is 1.26. The summed E-state index contributed by atoms with van der Waals surface area (Å²) in [4.78, 5) is 0. The molecular formula is C11H20O. The maximum atomic E-state index is 5.95. The topological polar surface area (TPSA) is 9.23 Å². The molecule has 0 spiro atoms. The van der Waals surface area contributed by atoms with Crippen molar-refractivity contribution in [3.8, 4) is 0 Å².